The van der Waals surface area contributed by atoms with E-state index < -0.39 is 10.0 Å². The molecule has 156 valence electrons. The molecule has 0 bridgehead atoms. The lowest BCUT2D eigenvalue weighted by atomic mass is 10.1. The van der Waals surface area contributed by atoms with Crippen molar-refractivity contribution < 1.29 is 17.9 Å². The summed E-state index contributed by atoms with van der Waals surface area (Å²) in [7, 11) is -3.57. The number of ether oxygens (including phenoxy) is 1. The van der Waals surface area contributed by atoms with Crippen LogP contribution in [0.4, 0.5) is 0 Å². The van der Waals surface area contributed by atoms with E-state index in [1.54, 1.807) is 19.1 Å². The zero-order chi connectivity index (χ0) is 20.9. The second kappa shape index (κ2) is 9.41. The van der Waals surface area contributed by atoms with Crippen LogP contribution in [0.1, 0.15) is 40.7 Å². The Morgan fingerprint density at radius 3 is 2.55 bits per heavy atom. The van der Waals surface area contributed by atoms with Gasteiger partial charge in [-0.1, -0.05) is 24.6 Å². The van der Waals surface area contributed by atoms with E-state index in [9.17, 15) is 13.2 Å². The largest absolute Gasteiger partial charge is 0.492 e. The molecular formula is C22H28N2O4S. The Bertz CT molecular complexity index is 967. The molecule has 0 radical (unpaired) electrons. The molecule has 0 atom stereocenters. The van der Waals surface area contributed by atoms with Crippen LogP contribution in [0.25, 0.3) is 0 Å². The van der Waals surface area contributed by atoms with Crippen molar-refractivity contribution in [2.75, 3.05) is 26.2 Å². The van der Waals surface area contributed by atoms with Crippen molar-refractivity contribution in [1.82, 2.24) is 9.62 Å². The molecular weight excluding hydrogens is 388 g/mol. The van der Waals surface area contributed by atoms with Crippen molar-refractivity contribution in [2.45, 2.75) is 38.0 Å². The molecule has 1 heterocycles. The lowest BCUT2D eigenvalue weighted by Gasteiger charge is -2.26. The number of carbonyl (C=O) groups excluding carboxylic acids is 1. The maximum atomic E-state index is 12.9. The quantitative estimate of drug-likeness (QED) is 0.703. The molecule has 1 saturated heterocycles. The van der Waals surface area contributed by atoms with E-state index >= 15 is 0 Å². The van der Waals surface area contributed by atoms with Gasteiger partial charge < -0.3 is 10.1 Å². The van der Waals surface area contributed by atoms with Gasteiger partial charge in [-0.05, 0) is 62.1 Å². The van der Waals surface area contributed by atoms with E-state index in [-0.39, 0.29) is 10.8 Å². The molecule has 1 N–H and O–H groups in total. The zero-order valence-corrected chi connectivity index (χ0v) is 17.8. The van der Waals surface area contributed by atoms with Crippen LogP contribution in [0.5, 0.6) is 5.75 Å². The van der Waals surface area contributed by atoms with Gasteiger partial charge >= 0.3 is 0 Å². The molecule has 0 saturated carbocycles. The molecule has 2 aromatic carbocycles. The highest BCUT2D eigenvalue weighted by molar-refractivity contribution is 7.89. The van der Waals surface area contributed by atoms with Crippen molar-refractivity contribution >= 4 is 15.9 Å². The van der Waals surface area contributed by atoms with Gasteiger partial charge in [-0.15, -0.1) is 0 Å². The smallest absolute Gasteiger partial charge is 0.251 e. The first kappa shape index (κ1) is 21.3. The average Bonchev–Trinajstić information content (AvgIpc) is 2.72. The van der Waals surface area contributed by atoms with Gasteiger partial charge in [0, 0.05) is 18.7 Å². The van der Waals surface area contributed by atoms with Gasteiger partial charge in [0.25, 0.3) is 5.91 Å². The second-order valence-corrected chi connectivity index (χ2v) is 9.30. The van der Waals surface area contributed by atoms with Crippen molar-refractivity contribution in [3.8, 4) is 5.75 Å². The van der Waals surface area contributed by atoms with Gasteiger partial charge in [0.15, 0.2) is 0 Å². The molecule has 1 aliphatic rings. The maximum absolute atomic E-state index is 12.9. The number of benzene rings is 2. The Labute approximate surface area is 172 Å². The van der Waals surface area contributed by atoms with Gasteiger partial charge in [-0.2, -0.15) is 4.31 Å². The Morgan fingerprint density at radius 2 is 1.83 bits per heavy atom. The number of nitrogens with one attached hydrogen (secondary N) is 1. The minimum atomic E-state index is -3.57. The van der Waals surface area contributed by atoms with Crippen LogP contribution in [-0.4, -0.2) is 44.9 Å². The number of carbonyl (C=O) groups is 1. The summed E-state index contributed by atoms with van der Waals surface area (Å²) >= 11 is 0. The standard InChI is InChI=1S/C22H28N2O4S/c1-17-7-6-8-19(15-17)28-14-11-23-22(25)21-16-20(10-9-18(21)2)29(26,27)24-12-4-3-5-13-24/h6-10,15-16H,3-5,11-14H2,1-2H3,(H,23,25). The summed E-state index contributed by atoms with van der Waals surface area (Å²) in [6.45, 7) is 5.52. The third-order valence-electron chi connectivity index (χ3n) is 5.05. The summed E-state index contributed by atoms with van der Waals surface area (Å²) in [4.78, 5) is 12.8. The monoisotopic (exact) mass is 416 g/mol. The maximum Gasteiger partial charge on any atom is 0.251 e. The molecule has 0 spiro atoms. The number of nitrogens with zero attached hydrogens (tertiary/aromatic N) is 1. The molecule has 7 heteroatoms. The molecule has 1 aliphatic heterocycles. The topological polar surface area (TPSA) is 75.7 Å². The van der Waals surface area contributed by atoms with Gasteiger partial charge in [0.05, 0.1) is 11.4 Å². The fourth-order valence-corrected chi connectivity index (χ4v) is 4.94. The number of hydrogen-bond donors (Lipinski definition) is 1. The fraction of sp³-hybridized carbons (Fsp3) is 0.409. The molecule has 6 nitrogen and oxygen atoms in total. The Balaban J connectivity index is 1.63. The highest BCUT2D eigenvalue weighted by Crippen LogP contribution is 2.23. The van der Waals surface area contributed by atoms with E-state index in [1.807, 2.05) is 31.2 Å². The lowest BCUT2D eigenvalue weighted by molar-refractivity contribution is 0.0946. The Morgan fingerprint density at radius 1 is 1.07 bits per heavy atom. The molecule has 0 aromatic heterocycles. The normalized spacial score (nSPS) is 15.1. The Kier molecular flexibility index (Phi) is 6.92. The molecule has 1 amide bonds. The summed E-state index contributed by atoms with van der Waals surface area (Å²) in [6, 6.07) is 12.5. The number of aryl methyl sites for hydroxylation is 2. The summed E-state index contributed by atoms with van der Waals surface area (Å²) in [5.74, 6) is 0.455. The number of piperidine rings is 1. The van der Waals surface area contributed by atoms with Crippen molar-refractivity contribution in [2.24, 2.45) is 0 Å². The van der Waals surface area contributed by atoms with Gasteiger partial charge in [-0.3, -0.25) is 4.79 Å². The molecule has 3 rings (SSSR count). The van der Waals surface area contributed by atoms with Crippen LogP contribution in [0, 0.1) is 13.8 Å². The SMILES string of the molecule is Cc1cccc(OCCNC(=O)c2cc(S(=O)(=O)N3CCCCC3)ccc2C)c1. The van der Waals surface area contributed by atoms with Gasteiger partial charge in [0.1, 0.15) is 12.4 Å². The zero-order valence-electron chi connectivity index (χ0n) is 17.0. The fourth-order valence-electron chi connectivity index (χ4n) is 3.39. The molecule has 0 unspecified atom stereocenters. The summed E-state index contributed by atoms with van der Waals surface area (Å²) in [5.41, 5.74) is 2.22. The first-order chi connectivity index (χ1) is 13.9. The molecule has 1 fully saturated rings. The first-order valence-electron chi connectivity index (χ1n) is 9.96. The average molecular weight is 417 g/mol. The summed E-state index contributed by atoms with van der Waals surface area (Å²) in [6.07, 6.45) is 2.80. The van der Waals surface area contributed by atoms with Crippen molar-refractivity contribution in [3.05, 3.63) is 59.2 Å². The third kappa shape index (κ3) is 5.36. The van der Waals surface area contributed by atoms with Gasteiger partial charge in [-0.25, -0.2) is 8.42 Å². The molecule has 29 heavy (non-hydrogen) atoms. The van der Waals surface area contributed by atoms with Crippen molar-refractivity contribution in [3.63, 3.8) is 0 Å². The van der Waals surface area contributed by atoms with Crippen molar-refractivity contribution in [1.29, 1.82) is 0 Å². The van der Waals surface area contributed by atoms with Crippen LogP contribution < -0.4 is 10.1 Å². The first-order valence-corrected chi connectivity index (χ1v) is 11.4. The highest BCUT2D eigenvalue weighted by atomic mass is 32.2. The minimum Gasteiger partial charge on any atom is -0.492 e. The molecule has 0 aliphatic carbocycles. The minimum absolute atomic E-state index is 0.172. The van der Waals surface area contributed by atoms with Crippen LogP contribution in [0.3, 0.4) is 0 Å². The summed E-state index contributed by atoms with van der Waals surface area (Å²) in [5, 5.41) is 2.81. The van der Waals surface area contributed by atoms with E-state index in [0.29, 0.717) is 31.8 Å². The lowest BCUT2D eigenvalue weighted by Crippen LogP contribution is -2.36. The molecule has 2 aromatic rings. The van der Waals surface area contributed by atoms with E-state index in [1.165, 1.54) is 10.4 Å². The third-order valence-corrected chi connectivity index (χ3v) is 6.95. The number of hydrogen-bond acceptors (Lipinski definition) is 4. The number of rotatable bonds is 7. The Hall–Kier alpha value is -2.38. The van der Waals surface area contributed by atoms with Crippen LogP contribution in [0.2, 0.25) is 0 Å². The predicted octanol–water partition coefficient (Wildman–Crippen LogP) is 3.29. The van der Waals surface area contributed by atoms with Crippen LogP contribution >= 0.6 is 0 Å². The van der Waals surface area contributed by atoms with Crippen LogP contribution in [0.15, 0.2) is 47.4 Å². The van der Waals surface area contributed by atoms with E-state index in [0.717, 1.165) is 36.1 Å². The van der Waals surface area contributed by atoms with Gasteiger partial charge in [0.2, 0.25) is 10.0 Å². The van der Waals surface area contributed by atoms with E-state index in [2.05, 4.69) is 5.32 Å². The summed E-state index contributed by atoms with van der Waals surface area (Å²) < 4.78 is 32.9. The number of sulfonamides is 1. The number of amides is 1. The van der Waals surface area contributed by atoms with Crippen LogP contribution in [-0.2, 0) is 10.0 Å². The predicted molar refractivity (Wildman–Crippen MR) is 113 cm³/mol. The second-order valence-electron chi connectivity index (χ2n) is 7.36. The van der Waals surface area contributed by atoms with E-state index in [4.69, 9.17) is 4.74 Å². The highest BCUT2D eigenvalue weighted by Gasteiger charge is 2.27.